The number of amides is 1. The minimum Gasteiger partial charge on any atom is -0.497 e. The van der Waals surface area contributed by atoms with Gasteiger partial charge in [-0.2, -0.15) is 0 Å². The van der Waals surface area contributed by atoms with Crippen LogP contribution >= 0.6 is 0 Å². The van der Waals surface area contributed by atoms with Gasteiger partial charge in [0.1, 0.15) is 11.6 Å². The maximum absolute atomic E-state index is 13.3. The molecule has 1 saturated heterocycles. The summed E-state index contributed by atoms with van der Waals surface area (Å²) in [5.74, 6) is 0.289. The summed E-state index contributed by atoms with van der Waals surface area (Å²) >= 11 is 0. The number of aromatic nitrogens is 1. The molecule has 0 radical (unpaired) electrons. The van der Waals surface area contributed by atoms with E-state index in [9.17, 15) is 9.18 Å². The summed E-state index contributed by atoms with van der Waals surface area (Å²) in [5.41, 5.74) is 2.65. The zero-order chi connectivity index (χ0) is 22.3. The molecule has 1 aromatic heterocycles. The third-order valence-corrected chi connectivity index (χ3v) is 5.80. The van der Waals surface area contributed by atoms with E-state index in [1.54, 1.807) is 31.5 Å². The Labute approximate surface area is 187 Å². The number of hydrogen-bond donors (Lipinski definition) is 1. The van der Waals surface area contributed by atoms with Gasteiger partial charge in [-0.25, -0.2) is 4.39 Å². The first-order valence-electron chi connectivity index (χ1n) is 10.7. The maximum Gasteiger partial charge on any atom is 0.251 e. The van der Waals surface area contributed by atoms with Crippen molar-refractivity contribution in [2.45, 2.75) is 6.04 Å². The van der Waals surface area contributed by atoms with Crippen molar-refractivity contribution in [3.05, 3.63) is 90.0 Å². The zero-order valence-corrected chi connectivity index (χ0v) is 18.1. The second-order valence-electron chi connectivity index (χ2n) is 7.74. The van der Waals surface area contributed by atoms with Crippen molar-refractivity contribution in [3.8, 4) is 5.75 Å². The van der Waals surface area contributed by atoms with Crippen molar-refractivity contribution in [1.82, 2.24) is 15.2 Å². The number of ether oxygens (including phenoxy) is 1. The first-order chi connectivity index (χ1) is 15.6. The number of methoxy groups -OCH3 is 1. The minimum atomic E-state index is -0.226. The van der Waals surface area contributed by atoms with E-state index in [2.05, 4.69) is 20.1 Å². The van der Waals surface area contributed by atoms with Crippen LogP contribution in [0.15, 0.2) is 73.1 Å². The van der Waals surface area contributed by atoms with Crippen LogP contribution in [0.5, 0.6) is 5.75 Å². The van der Waals surface area contributed by atoms with E-state index in [-0.39, 0.29) is 17.8 Å². The molecule has 3 aromatic rings. The summed E-state index contributed by atoms with van der Waals surface area (Å²) in [7, 11) is 1.58. The minimum absolute atomic E-state index is 0.00799. The quantitative estimate of drug-likeness (QED) is 0.617. The number of benzene rings is 2. The molecule has 166 valence electrons. The lowest BCUT2D eigenvalue weighted by Crippen LogP contribution is -2.50. The molecular weight excluding hydrogens is 407 g/mol. The van der Waals surface area contributed by atoms with Crippen LogP contribution in [0.25, 0.3) is 0 Å². The van der Waals surface area contributed by atoms with Gasteiger partial charge in [0, 0.05) is 56.4 Å². The number of nitrogens with one attached hydrogen (secondary N) is 1. The van der Waals surface area contributed by atoms with Gasteiger partial charge in [0.2, 0.25) is 0 Å². The normalized spacial score (nSPS) is 15.2. The van der Waals surface area contributed by atoms with Crippen molar-refractivity contribution in [1.29, 1.82) is 0 Å². The number of carbonyl (C=O) groups is 1. The van der Waals surface area contributed by atoms with E-state index < -0.39 is 0 Å². The number of pyridine rings is 1. The predicted molar refractivity (Wildman–Crippen MR) is 122 cm³/mol. The van der Waals surface area contributed by atoms with E-state index in [0.717, 1.165) is 37.4 Å². The van der Waals surface area contributed by atoms with Gasteiger partial charge in [-0.05, 0) is 54.1 Å². The first-order valence-corrected chi connectivity index (χ1v) is 10.7. The summed E-state index contributed by atoms with van der Waals surface area (Å²) < 4.78 is 18.5. The van der Waals surface area contributed by atoms with Crippen LogP contribution in [0, 0.1) is 5.82 Å². The standard InChI is InChI=1S/C25H27FN4O2/c1-32-23-6-2-4-19(16-23)25(31)28-18-24(20-5-3-11-27-17-20)30-14-12-29(13-15-30)22-9-7-21(26)8-10-22/h2-11,16-17,24H,12-15,18H2,1H3,(H,28,31). The topological polar surface area (TPSA) is 57.7 Å². The van der Waals surface area contributed by atoms with Crippen molar-refractivity contribution < 1.29 is 13.9 Å². The third-order valence-electron chi connectivity index (χ3n) is 5.80. The molecule has 1 aliphatic rings. The molecule has 1 fully saturated rings. The zero-order valence-electron chi connectivity index (χ0n) is 18.1. The lowest BCUT2D eigenvalue weighted by Gasteiger charge is -2.40. The smallest absolute Gasteiger partial charge is 0.251 e. The Kier molecular flexibility index (Phi) is 6.97. The lowest BCUT2D eigenvalue weighted by molar-refractivity contribution is 0.0929. The second-order valence-corrected chi connectivity index (χ2v) is 7.74. The molecule has 32 heavy (non-hydrogen) atoms. The number of rotatable bonds is 7. The lowest BCUT2D eigenvalue weighted by atomic mass is 10.1. The van der Waals surface area contributed by atoms with Gasteiger partial charge >= 0.3 is 0 Å². The molecule has 1 unspecified atom stereocenters. The molecule has 7 heteroatoms. The molecule has 6 nitrogen and oxygen atoms in total. The summed E-state index contributed by atoms with van der Waals surface area (Å²) in [4.78, 5) is 21.7. The van der Waals surface area contributed by atoms with Crippen LogP contribution in [0.3, 0.4) is 0 Å². The van der Waals surface area contributed by atoms with Crippen molar-refractivity contribution in [2.24, 2.45) is 0 Å². The molecule has 0 spiro atoms. The molecular formula is C25H27FN4O2. The molecule has 1 atom stereocenters. The maximum atomic E-state index is 13.3. The second kappa shape index (κ2) is 10.2. The number of halogens is 1. The van der Waals surface area contributed by atoms with Gasteiger partial charge in [-0.15, -0.1) is 0 Å². The number of hydrogen-bond acceptors (Lipinski definition) is 5. The Bertz CT molecular complexity index is 1020. The molecule has 1 N–H and O–H groups in total. The van der Waals surface area contributed by atoms with Gasteiger partial charge in [0.15, 0.2) is 0 Å². The summed E-state index contributed by atoms with van der Waals surface area (Å²) in [6.45, 7) is 3.77. The van der Waals surface area contributed by atoms with E-state index in [1.165, 1.54) is 12.1 Å². The molecule has 2 heterocycles. The van der Waals surface area contributed by atoms with E-state index >= 15 is 0 Å². The predicted octanol–water partition coefficient (Wildman–Crippen LogP) is 3.52. The van der Waals surface area contributed by atoms with Crippen molar-refractivity contribution >= 4 is 11.6 Å². The largest absolute Gasteiger partial charge is 0.497 e. The highest BCUT2D eigenvalue weighted by atomic mass is 19.1. The van der Waals surface area contributed by atoms with Crippen LogP contribution in [0.4, 0.5) is 10.1 Å². The van der Waals surface area contributed by atoms with Gasteiger partial charge in [-0.1, -0.05) is 12.1 Å². The van der Waals surface area contributed by atoms with Crippen LogP contribution < -0.4 is 15.0 Å². The van der Waals surface area contributed by atoms with Crippen LogP contribution in [-0.2, 0) is 0 Å². The monoisotopic (exact) mass is 434 g/mol. The van der Waals surface area contributed by atoms with E-state index in [0.29, 0.717) is 17.9 Å². The fourth-order valence-corrected chi connectivity index (χ4v) is 4.03. The average molecular weight is 435 g/mol. The van der Waals surface area contributed by atoms with Crippen molar-refractivity contribution in [3.63, 3.8) is 0 Å². The highest BCUT2D eigenvalue weighted by Gasteiger charge is 2.26. The van der Waals surface area contributed by atoms with E-state index in [4.69, 9.17) is 4.74 Å². The summed E-state index contributed by atoms with van der Waals surface area (Å²) in [6, 6.07) is 17.7. The van der Waals surface area contributed by atoms with Crippen LogP contribution in [0.1, 0.15) is 22.0 Å². The number of nitrogens with zero attached hydrogens (tertiary/aromatic N) is 3. The Morgan fingerprint density at radius 3 is 2.56 bits per heavy atom. The highest BCUT2D eigenvalue weighted by Crippen LogP contribution is 2.24. The van der Waals surface area contributed by atoms with Gasteiger partial charge in [0.25, 0.3) is 5.91 Å². The highest BCUT2D eigenvalue weighted by molar-refractivity contribution is 5.94. The summed E-state index contributed by atoms with van der Waals surface area (Å²) in [6.07, 6.45) is 3.61. The van der Waals surface area contributed by atoms with E-state index in [1.807, 2.05) is 36.5 Å². The summed E-state index contributed by atoms with van der Waals surface area (Å²) in [5, 5.41) is 3.08. The first kappa shape index (κ1) is 21.8. The van der Waals surface area contributed by atoms with Crippen LogP contribution in [-0.4, -0.2) is 55.6 Å². The van der Waals surface area contributed by atoms with Crippen molar-refractivity contribution in [2.75, 3.05) is 44.7 Å². The Morgan fingerprint density at radius 2 is 1.88 bits per heavy atom. The fourth-order valence-electron chi connectivity index (χ4n) is 4.03. The molecule has 2 aromatic carbocycles. The van der Waals surface area contributed by atoms with Gasteiger partial charge in [0.05, 0.1) is 13.2 Å². The Hall–Kier alpha value is -3.45. The molecule has 0 bridgehead atoms. The van der Waals surface area contributed by atoms with Crippen LogP contribution in [0.2, 0.25) is 0 Å². The SMILES string of the molecule is COc1cccc(C(=O)NCC(c2cccnc2)N2CCN(c3ccc(F)cc3)CC2)c1. The number of anilines is 1. The molecule has 0 saturated carbocycles. The third kappa shape index (κ3) is 5.23. The molecule has 0 aliphatic carbocycles. The number of piperazine rings is 1. The average Bonchev–Trinajstić information content (AvgIpc) is 2.85. The molecule has 4 rings (SSSR count). The fraction of sp³-hybridized carbons (Fsp3) is 0.280. The Morgan fingerprint density at radius 1 is 1.09 bits per heavy atom. The molecule has 1 amide bonds. The number of carbonyl (C=O) groups excluding carboxylic acids is 1. The molecule has 1 aliphatic heterocycles. The van der Waals surface area contributed by atoms with Gasteiger partial charge < -0.3 is 15.0 Å². The van der Waals surface area contributed by atoms with Gasteiger partial charge in [-0.3, -0.25) is 14.7 Å². The Balaban J connectivity index is 1.43.